The number of amidine groups is 1. The minimum Gasteiger partial charge on any atom is -0.477 e. The zero-order valence-electron chi connectivity index (χ0n) is 15.1. The fraction of sp³-hybridized carbons (Fsp3) is 0.333. The Morgan fingerprint density at radius 2 is 1.89 bits per heavy atom. The third-order valence-corrected chi connectivity index (χ3v) is 5.14. The van der Waals surface area contributed by atoms with Crippen molar-refractivity contribution < 1.29 is 14.4 Å². The van der Waals surface area contributed by atoms with E-state index in [0.29, 0.717) is 29.6 Å². The Hall–Kier alpha value is -3.56. The van der Waals surface area contributed by atoms with E-state index >= 15 is 0 Å². The van der Waals surface area contributed by atoms with Gasteiger partial charge in [0.15, 0.2) is 5.82 Å². The van der Waals surface area contributed by atoms with Crippen molar-refractivity contribution in [3.05, 3.63) is 42.2 Å². The number of hydrogen-bond acceptors (Lipinski definition) is 8. The summed E-state index contributed by atoms with van der Waals surface area (Å²) < 4.78 is 5.30. The molecule has 0 bridgehead atoms. The van der Waals surface area contributed by atoms with Gasteiger partial charge in [0.05, 0.1) is 0 Å². The van der Waals surface area contributed by atoms with Crippen LogP contribution >= 0.6 is 0 Å². The number of hydrazone groups is 2. The predicted molar refractivity (Wildman–Crippen MR) is 104 cm³/mol. The first kappa shape index (κ1) is 17.8. The molecule has 2 aliphatic heterocycles. The van der Waals surface area contributed by atoms with Crippen molar-refractivity contribution in [1.82, 2.24) is 10.6 Å². The SMILES string of the molecule is N/N=C(/N/N=C/C(=O)O)c1cc(N2CC3CN(c4ccccc4)CC3C2)no1. The molecule has 0 aliphatic carbocycles. The molecule has 2 unspecified atom stereocenters. The van der Waals surface area contributed by atoms with Crippen LogP contribution in [0.4, 0.5) is 11.5 Å². The van der Waals surface area contributed by atoms with E-state index in [2.05, 4.69) is 54.9 Å². The first-order valence-electron chi connectivity index (χ1n) is 8.96. The maximum atomic E-state index is 10.5. The lowest BCUT2D eigenvalue weighted by molar-refractivity contribution is -0.128. The molecule has 28 heavy (non-hydrogen) atoms. The van der Waals surface area contributed by atoms with Gasteiger partial charge in [-0.15, -0.1) is 0 Å². The summed E-state index contributed by atoms with van der Waals surface area (Å²) >= 11 is 0. The molecule has 2 aromatic rings. The second kappa shape index (κ2) is 7.59. The minimum atomic E-state index is -1.18. The number of para-hydroxylation sites is 1. The minimum absolute atomic E-state index is 0.103. The average molecular weight is 383 g/mol. The quantitative estimate of drug-likeness (QED) is 0.295. The number of nitrogens with zero attached hydrogens (tertiary/aromatic N) is 5. The fourth-order valence-corrected chi connectivity index (χ4v) is 3.85. The highest BCUT2D eigenvalue weighted by molar-refractivity contribution is 6.22. The summed E-state index contributed by atoms with van der Waals surface area (Å²) in [6.07, 6.45) is 0.697. The van der Waals surface area contributed by atoms with Crippen molar-refractivity contribution in [2.24, 2.45) is 27.9 Å². The van der Waals surface area contributed by atoms with Gasteiger partial charge in [0.25, 0.3) is 0 Å². The van der Waals surface area contributed by atoms with Crippen molar-refractivity contribution >= 4 is 29.5 Å². The summed E-state index contributed by atoms with van der Waals surface area (Å²) in [6, 6.07) is 12.2. The molecule has 2 saturated heterocycles. The third-order valence-electron chi connectivity index (χ3n) is 5.14. The molecule has 10 nitrogen and oxygen atoms in total. The maximum absolute atomic E-state index is 10.5. The molecule has 4 rings (SSSR count). The van der Waals surface area contributed by atoms with Crippen LogP contribution in [0.3, 0.4) is 0 Å². The van der Waals surface area contributed by atoms with Crippen LogP contribution in [0.25, 0.3) is 0 Å². The van der Waals surface area contributed by atoms with Gasteiger partial charge in [-0.3, -0.25) is 5.43 Å². The van der Waals surface area contributed by atoms with Crippen molar-refractivity contribution in [3.63, 3.8) is 0 Å². The molecule has 10 heteroatoms. The van der Waals surface area contributed by atoms with Crippen LogP contribution in [0.2, 0.25) is 0 Å². The number of carboxylic acid groups (broad SMARTS) is 1. The number of rotatable bonds is 5. The Morgan fingerprint density at radius 1 is 1.21 bits per heavy atom. The summed E-state index contributed by atoms with van der Waals surface area (Å²) in [4.78, 5) is 15.1. The van der Waals surface area contributed by atoms with Crippen molar-refractivity contribution in [2.45, 2.75) is 0 Å². The third kappa shape index (κ3) is 3.61. The smallest absolute Gasteiger partial charge is 0.348 e. The van der Waals surface area contributed by atoms with Gasteiger partial charge in [0.2, 0.25) is 11.6 Å². The van der Waals surface area contributed by atoms with Gasteiger partial charge in [-0.05, 0) is 12.1 Å². The van der Waals surface area contributed by atoms with Crippen LogP contribution in [-0.4, -0.2) is 54.5 Å². The zero-order valence-corrected chi connectivity index (χ0v) is 15.1. The molecule has 0 amide bonds. The van der Waals surface area contributed by atoms with Crippen LogP contribution < -0.4 is 21.1 Å². The number of nitrogens with one attached hydrogen (secondary N) is 1. The number of hydrogen-bond donors (Lipinski definition) is 3. The number of nitrogens with two attached hydrogens (primary N) is 1. The Bertz CT molecular complexity index is 882. The lowest BCUT2D eigenvalue weighted by Crippen LogP contribution is -2.28. The van der Waals surface area contributed by atoms with E-state index in [1.54, 1.807) is 6.07 Å². The number of aromatic nitrogens is 1. The van der Waals surface area contributed by atoms with Crippen LogP contribution in [0.15, 0.2) is 51.1 Å². The Balaban J connectivity index is 1.38. The second-order valence-electron chi connectivity index (χ2n) is 6.90. The summed E-state index contributed by atoms with van der Waals surface area (Å²) in [7, 11) is 0. The molecule has 2 atom stereocenters. The van der Waals surface area contributed by atoms with Gasteiger partial charge in [0, 0.05) is 49.8 Å². The van der Waals surface area contributed by atoms with Gasteiger partial charge < -0.3 is 25.3 Å². The largest absolute Gasteiger partial charge is 0.477 e. The molecule has 4 N–H and O–H groups in total. The van der Waals surface area contributed by atoms with Crippen molar-refractivity contribution in [2.75, 3.05) is 36.0 Å². The summed E-state index contributed by atoms with van der Waals surface area (Å²) in [6.45, 7) is 3.85. The normalized spacial score (nSPS) is 22.1. The summed E-state index contributed by atoms with van der Waals surface area (Å²) in [5, 5.41) is 19.7. The van der Waals surface area contributed by atoms with Gasteiger partial charge in [-0.2, -0.15) is 10.2 Å². The predicted octanol–water partition coefficient (Wildman–Crippen LogP) is 0.528. The molecular formula is C18H21N7O3. The first-order valence-corrected chi connectivity index (χ1v) is 8.96. The van der Waals surface area contributed by atoms with Crippen LogP contribution in [0.5, 0.6) is 0 Å². The number of fused-ring (bicyclic) bond motifs is 1. The maximum Gasteiger partial charge on any atom is 0.348 e. The van der Waals surface area contributed by atoms with Gasteiger partial charge in [0.1, 0.15) is 6.21 Å². The van der Waals surface area contributed by atoms with Gasteiger partial charge in [-0.25, -0.2) is 4.79 Å². The second-order valence-corrected chi connectivity index (χ2v) is 6.90. The number of carboxylic acids is 1. The molecule has 0 saturated carbocycles. The number of aliphatic carboxylic acids is 1. The van der Waals surface area contributed by atoms with E-state index in [4.69, 9.17) is 15.5 Å². The number of anilines is 2. The highest BCUT2D eigenvalue weighted by Gasteiger charge is 2.41. The monoisotopic (exact) mass is 383 g/mol. The van der Waals surface area contributed by atoms with Crippen LogP contribution in [0, 0.1) is 11.8 Å². The van der Waals surface area contributed by atoms with E-state index in [0.717, 1.165) is 26.2 Å². The van der Waals surface area contributed by atoms with E-state index in [9.17, 15) is 4.79 Å². The Kier molecular flexibility index (Phi) is 4.83. The molecule has 0 radical (unpaired) electrons. The van der Waals surface area contributed by atoms with Crippen LogP contribution in [0.1, 0.15) is 5.76 Å². The fourth-order valence-electron chi connectivity index (χ4n) is 3.85. The van der Waals surface area contributed by atoms with Crippen molar-refractivity contribution in [3.8, 4) is 0 Å². The van der Waals surface area contributed by atoms with E-state index < -0.39 is 5.97 Å². The Morgan fingerprint density at radius 3 is 2.54 bits per heavy atom. The number of carbonyl (C=O) groups is 1. The average Bonchev–Trinajstić information content (AvgIpc) is 3.40. The molecule has 1 aromatic carbocycles. The summed E-state index contributed by atoms with van der Waals surface area (Å²) in [5.41, 5.74) is 3.71. The number of benzene rings is 1. The molecule has 3 heterocycles. The van der Waals surface area contributed by atoms with E-state index in [-0.39, 0.29) is 5.84 Å². The van der Waals surface area contributed by atoms with Gasteiger partial charge in [-0.1, -0.05) is 23.4 Å². The molecule has 2 fully saturated rings. The first-order chi connectivity index (χ1) is 13.6. The van der Waals surface area contributed by atoms with Crippen LogP contribution in [-0.2, 0) is 4.79 Å². The van der Waals surface area contributed by atoms with E-state index in [1.807, 2.05) is 6.07 Å². The lowest BCUT2D eigenvalue weighted by Gasteiger charge is -2.22. The molecule has 146 valence electrons. The highest BCUT2D eigenvalue weighted by Crippen LogP contribution is 2.35. The highest BCUT2D eigenvalue weighted by atomic mass is 16.5. The van der Waals surface area contributed by atoms with Gasteiger partial charge >= 0.3 is 5.97 Å². The summed E-state index contributed by atoms with van der Waals surface area (Å²) in [5.74, 6) is 6.39. The zero-order chi connectivity index (χ0) is 19.5. The Labute approximate surface area is 161 Å². The topological polar surface area (TPSA) is 133 Å². The van der Waals surface area contributed by atoms with E-state index in [1.165, 1.54) is 5.69 Å². The molecule has 2 aliphatic rings. The lowest BCUT2D eigenvalue weighted by atomic mass is 10.0. The molecular weight excluding hydrogens is 362 g/mol. The standard InChI is InChI=1S/C18H21N7O3/c19-21-18(22-20-7-17(26)27)15-6-16(23-28-15)25-10-12-8-24(9-13(12)11-25)14-4-2-1-3-5-14/h1-7,12-13H,8-11,19H2,(H,21,22)(H,26,27)/b20-7+. The molecule has 1 aromatic heterocycles. The molecule has 0 spiro atoms. The van der Waals surface area contributed by atoms with Crippen molar-refractivity contribution in [1.29, 1.82) is 0 Å².